The summed E-state index contributed by atoms with van der Waals surface area (Å²) in [6, 6.07) is 7.51. The summed E-state index contributed by atoms with van der Waals surface area (Å²) in [6.07, 6.45) is 2.45. The van der Waals surface area contributed by atoms with Gasteiger partial charge < -0.3 is 14.8 Å². The maximum Gasteiger partial charge on any atom is 0.223 e. The SMILES string of the molecule is CC(O)(CNC(=O)C1CC1c1ccco1)c1cccs1. The summed E-state index contributed by atoms with van der Waals surface area (Å²) in [7, 11) is 0. The average Bonchev–Trinajstić information content (AvgIpc) is 2.90. The van der Waals surface area contributed by atoms with Crippen molar-refractivity contribution in [1.29, 1.82) is 0 Å². The lowest BCUT2D eigenvalue weighted by atomic mass is 10.1. The first kappa shape index (κ1) is 13.4. The monoisotopic (exact) mass is 291 g/mol. The van der Waals surface area contributed by atoms with E-state index in [1.807, 2.05) is 29.6 Å². The van der Waals surface area contributed by atoms with Gasteiger partial charge in [0.15, 0.2) is 0 Å². The molecule has 2 aromatic rings. The number of aliphatic hydroxyl groups is 1. The summed E-state index contributed by atoms with van der Waals surface area (Å²) in [6.45, 7) is 1.95. The lowest BCUT2D eigenvalue weighted by Gasteiger charge is -2.22. The summed E-state index contributed by atoms with van der Waals surface area (Å²) in [4.78, 5) is 12.9. The maximum absolute atomic E-state index is 12.1. The van der Waals surface area contributed by atoms with Gasteiger partial charge >= 0.3 is 0 Å². The van der Waals surface area contributed by atoms with Gasteiger partial charge in [0.05, 0.1) is 12.8 Å². The van der Waals surface area contributed by atoms with E-state index in [1.165, 1.54) is 11.3 Å². The van der Waals surface area contributed by atoms with E-state index >= 15 is 0 Å². The van der Waals surface area contributed by atoms with Gasteiger partial charge in [0.2, 0.25) is 5.91 Å². The van der Waals surface area contributed by atoms with Crippen LogP contribution in [0.5, 0.6) is 0 Å². The van der Waals surface area contributed by atoms with Crippen LogP contribution in [0.2, 0.25) is 0 Å². The minimum absolute atomic E-state index is 0.0109. The van der Waals surface area contributed by atoms with E-state index in [1.54, 1.807) is 13.2 Å². The molecule has 3 unspecified atom stereocenters. The quantitative estimate of drug-likeness (QED) is 0.889. The molecule has 0 aromatic carbocycles. The van der Waals surface area contributed by atoms with Crippen molar-refractivity contribution in [3.05, 3.63) is 46.5 Å². The third-order valence-electron chi connectivity index (χ3n) is 3.69. The molecule has 2 aromatic heterocycles. The number of thiophene rings is 1. The predicted molar refractivity (Wildman–Crippen MR) is 76.5 cm³/mol. The van der Waals surface area contributed by atoms with E-state index in [0.717, 1.165) is 17.1 Å². The third-order valence-corrected chi connectivity index (χ3v) is 4.82. The van der Waals surface area contributed by atoms with Gasteiger partial charge in [-0.1, -0.05) is 6.07 Å². The van der Waals surface area contributed by atoms with Crippen LogP contribution < -0.4 is 5.32 Å². The van der Waals surface area contributed by atoms with E-state index < -0.39 is 5.60 Å². The number of amides is 1. The summed E-state index contributed by atoms with van der Waals surface area (Å²) in [5.74, 6) is 1.02. The van der Waals surface area contributed by atoms with Crippen molar-refractivity contribution < 1.29 is 14.3 Å². The first-order valence-corrected chi connectivity index (χ1v) is 7.53. The number of furan rings is 1. The minimum atomic E-state index is -1.01. The van der Waals surface area contributed by atoms with Crippen molar-refractivity contribution >= 4 is 17.2 Å². The number of nitrogens with one attached hydrogen (secondary N) is 1. The van der Waals surface area contributed by atoms with E-state index in [-0.39, 0.29) is 24.3 Å². The highest BCUT2D eigenvalue weighted by Gasteiger charge is 2.46. The van der Waals surface area contributed by atoms with Crippen LogP contribution in [0.4, 0.5) is 0 Å². The normalized spacial score (nSPS) is 24.1. The van der Waals surface area contributed by atoms with Crippen molar-refractivity contribution in [2.24, 2.45) is 5.92 Å². The van der Waals surface area contributed by atoms with Gasteiger partial charge in [-0.25, -0.2) is 0 Å². The topological polar surface area (TPSA) is 62.5 Å². The molecule has 106 valence electrons. The highest BCUT2D eigenvalue weighted by atomic mass is 32.1. The van der Waals surface area contributed by atoms with Gasteiger partial charge in [-0.05, 0) is 36.9 Å². The molecule has 1 saturated carbocycles. The average molecular weight is 291 g/mol. The van der Waals surface area contributed by atoms with Crippen LogP contribution in [0.3, 0.4) is 0 Å². The molecule has 3 atom stereocenters. The fraction of sp³-hybridized carbons (Fsp3) is 0.400. The molecule has 1 aliphatic rings. The Morgan fingerprint density at radius 1 is 1.55 bits per heavy atom. The highest BCUT2D eigenvalue weighted by Crippen LogP contribution is 2.47. The van der Waals surface area contributed by atoms with Crippen LogP contribution in [0.15, 0.2) is 40.3 Å². The van der Waals surface area contributed by atoms with Crippen molar-refractivity contribution in [3.8, 4) is 0 Å². The molecule has 2 N–H and O–H groups in total. The first-order chi connectivity index (χ1) is 9.58. The second-order valence-corrected chi connectivity index (χ2v) is 6.38. The van der Waals surface area contributed by atoms with Gasteiger partial charge in [0, 0.05) is 16.7 Å². The lowest BCUT2D eigenvalue weighted by molar-refractivity contribution is -0.123. The molecular weight excluding hydrogens is 274 g/mol. The Hall–Kier alpha value is -1.59. The zero-order valence-electron chi connectivity index (χ0n) is 11.2. The van der Waals surface area contributed by atoms with Crippen LogP contribution in [-0.4, -0.2) is 17.6 Å². The number of hydrogen-bond acceptors (Lipinski definition) is 4. The van der Waals surface area contributed by atoms with Crippen LogP contribution in [0, 0.1) is 5.92 Å². The van der Waals surface area contributed by atoms with Crippen LogP contribution in [0.1, 0.15) is 29.9 Å². The Morgan fingerprint density at radius 3 is 3.05 bits per heavy atom. The van der Waals surface area contributed by atoms with Crippen LogP contribution >= 0.6 is 11.3 Å². The summed E-state index contributed by atoms with van der Waals surface area (Å²) < 4.78 is 5.31. The van der Waals surface area contributed by atoms with Crippen molar-refractivity contribution in [2.45, 2.75) is 24.9 Å². The molecule has 1 amide bonds. The maximum atomic E-state index is 12.1. The van der Waals surface area contributed by atoms with Crippen molar-refractivity contribution in [3.63, 3.8) is 0 Å². The molecule has 0 spiro atoms. The van der Waals surface area contributed by atoms with Gasteiger partial charge in [-0.2, -0.15) is 0 Å². The minimum Gasteiger partial charge on any atom is -0.469 e. The molecule has 1 fully saturated rings. The first-order valence-electron chi connectivity index (χ1n) is 6.65. The van der Waals surface area contributed by atoms with Gasteiger partial charge in [-0.3, -0.25) is 4.79 Å². The van der Waals surface area contributed by atoms with E-state index in [9.17, 15) is 9.90 Å². The molecule has 3 rings (SSSR count). The smallest absolute Gasteiger partial charge is 0.223 e. The molecule has 2 heterocycles. The number of carbonyl (C=O) groups is 1. The Morgan fingerprint density at radius 2 is 2.40 bits per heavy atom. The molecule has 0 bridgehead atoms. The highest BCUT2D eigenvalue weighted by molar-refractivity contribution is 7.10. The molecule has 0 aliphatic heterocycles. The molecule has 5 heteroatoms. The van der Waals surface area contributed by atoms with Gasteiger partial charge in [0.25, 0.3) is 0 Å². The standard InChI is InChI=1S/C15H17NO3S/c1-15(18,13-5-3-7-20-13)9-16-14(17)11-8-10(11)12-4-2-6-19-12/h2-7,10-11,18H,8-9H2,1H3,(H,16,17). The van der Waals surface area contributed by atoms with E-state index in [0.29, 0.717) is 0 Å². The van der Waals surface area contributed by atoms with E-state index in [2.05, 4.69) is 5.32 Å². The second-order valence-electron chi connectivity index (χ2n) is 5.43. The molecule has 20 heavy (non-hydrogen) atoms. The molecule has 0 saturated heterocycles. The number of hydrogen-bond donors (Lipinski definition) is 2. The summed E-state index contributed by atoms with van der Waals surface area (Å²) >= 11 is 1.49. The summed E-state index contributed by atoms with van der Waals surface area (Å²) in [5, 5.41) is 15.1. The molecule has 0 radical (unpaired) electrons. The van der Waals surface area contributed by atoms with Gasteiger partial charge in [-0.15, -0.1) is 11.3 Å². The van der Waals surface area contributed by atoms with E-state index in [4.69, 9.17) is 4.42 Å². The Bertz CT molecular complexity index is 574. The van der Waals surface area contributed by atoms with Gasteiger partial charge in [0.1, 0.15) is 11.4 Å². The molecule has 1 aliphatic carbocycles. The zero-order chi connectivity index (χ0) is 14.2. The van der Waals surface area contributed by atoms with Crippen molar-refractivity contribution in [2.75, 3.05) is 6.54 Å². The molecular formula is C15H17NO3S. The lowest BCUT2D eigenvalue weighted by Crippen LogP contribution is -2.38. The third kappa shape index (κ3) is 2.64. The fourth-order valence-electron chi connectivity index (χ4n) is 2.36. The number of carbonyl (C=O) groups excluding carboxylic acids is 1. The Labute approximate surface area is 121 Å². The van der Waals surface area contributed by atoms with Crippen LogP contribution in [-0.2, 0) is 10.4 Å². The van der Waals surface area contributed by atoms with Crippen LogP contribution in [0.25, 0.3) is 0 Å². The zero-order valence-corrected chi connectivity index (χ0v) is 12.0. The predicted octanol–water partition coefficient (Wildman–Crippen LogP) is 2.47. The van der Waals surface area contributed by atoms with Crippen molar-refractivity contribution in [1.82, 2.24) is 5.32 Å². The fourth-order valence-corrected chi connectivity index (χ4v) is 3.15. The number of rotatable bonds is 5. The molecule has 4 nitrogen and oxygen atoms in total. The second kappa shape index (κ2) is 5.07. The Kier molecular flexibility index (Phi) is 3.40. The Balaban J connectivity index is 1.54. The largest absolute Gasteiger partial charge is 0.469 e. The summed E-state index contributed by atoms with van der Waals surface area (Å²) in [5.41, 5.74) is -1.01.